The van der Waals surface area contributed by atoms with Crippen molar-refractivity contribution in [1.82, 2.24) is 5.32 Å². The van der Waals surface area contributed by atoms with Gasteiger partial charge in [-0.15, -0.1) is 0 Å². The number of aliphatic hydroxyl groups is 1. The number of aliphatic hydroxyl groups excluding tert-OH is 1. The molecule has 26 heavy (non-hydrogen) atoms. The van der Waals surface area contributed by atoms with Crippen LogP contribution < -0.4 is 5.32 Å². The van der Waals surface area contributed by atoms with Crippen molar-refractivity contribution in [3.05, 3.63) is 89.2 Å². The largest absolute Gasteiger partial charge is 0.394 e. The molecule has 0 aliphatic carbocycles. The quantitative estimate of drug-likeness (QED) is 0.680. The van der Waals surface area contributed by atoms with Crippen molar-refractivity contribution in [3.8, 4) is 0 Å². The predicted molar refractivity (Wildman–Crippen MR) is 102 cm³/mol. The van der Waals surface area contributed by atoms with Gasteiger partial charge in [-0.25, -0.2) is 4.39 Å². The van der Waals surface area contributed by atoms with Crippen LogP contribution in [0.2, 0.25) is 0 Å². The van der Waals surface area contributed by atoms with Crippen LogP contribution in [-0.4, -0.2) is 17.6 Å². The number of amides is 1. The maximum Gasteiger partial charge on any atom is 0.244 e. The predicted octanol–water partition coefficient (Wildman–Crippen LogP) is 4.15. The summed E-state index contributed by atoms with van der Waals surface area (Å²) >= 11 is 0. The van der Waals surface area contributed by atoms with Crippen LogP contribution in [0.3, 0.4) is 0 Å². The van der Waals surface area contributed by atoms with Gasteiger partial charge in [-0.05, 0) is 52.6 Å². The van der Waals surface area contributed by atoms with Crippen LogP contribution in [0.5, 0.6) is 0 Å². The molecular weight excluding hydrogens is 329 g/mol. The third-order valence-electron chi connectivity index (χ3n) is 4.40. The Balaban J connectivity index is 1.75. The Kier molecular flexibility index (Phi) is 5.44. The first-order chi connectivity index (χ1) is 12.6. The normalized spacial score (nSPS) is 12.4. The smallest absolute Gasteiger partial charge is 0.244 e. The summed E-state index contributed by atoms with van der Waals surface area (Å²) in [6, 6.07) is 17.9. The molecule has 1 atom stereocenters. The highest BCUT2D eigenvalue weighted by atomic mass is 19.1. The lowest BCUT2D eigenvalue weighted by Crippen LogP contribution is -2.29. The minimum Gasteiger partial charge on any atom is -0.394 e. The van der Waals surface area contributed by atoms with Crippen molar-refractivity contribution in [2.75, 3.05) is 6.61 Å². The van der Waals surface area contributed by atoms with Crippen molar-refractivity contribution >= 4 is 22.8 Å². The fraction of sp³-hybridized carbons (Fsp3) is 0.136. The van der Waals surface area contributed by atoms with Gasteiger partial charge >= 0.3 is 0 Å². The number of nitrogens with one attached hydrogen (secondary N) is 1. The van der Waals surface area contributed by atoms with E-state index in [2.05, 4.69) is 5.32 Å². The van der Waals surface area contributed by atoms with Gasteiger partial charge in [-0.3, -0.25) is 4.79 Å². The van der Waals surface area contributed by atoms with Crippen molar-refractivity contribution in [3.63, 3.8) is 0 Å². The summed E-state index contributed by atoms with van der Waals surface area (Å²) in [5.41, 5.74) is 1.96. The van der Waals surface area contributed by atoms with E-state index in [9.17, 15) is 14.3 Å². The zero-order valence-corrected chi connectivity index (χ0v) is 14.4. The van der Waals surface area contributed by atoms with Gasteiger partial charge in [0.2, 0.25) is 5.91 Å². The molecule has 132 valence electrons. The summed E-state index contributed by atoms with van der Waals surface area (Å²) in [4.78, 5) is 12.2. The molecule has 2 N–H and O–H groups in total. The molecule has 3 aromatic carbocycles. The van der Waals surface area contributed by atoms with E-state index in [1.54, 1.807) is 25.1 Å². The molecule has 0 heterocycles. The minimum atomic E-state index is -0.509. The van der Waals surface area contributed by atoms with Gasteiger partial charge in [0.25, 0.3) is 0 Å². The lowest BCUT2D eigenvalue weighted by Gasteiger charge is -2.16. The number of halogens is 1. The van der Waals surface area contributed by atoms with Crippen LogP contribution in [0.25, 0.3) is 16.8 Å². The SMILES string of the molecule is Cc1c(F)cccc1/C=C/C(=O)N[C@@H](CO)c1ccc2ccccc2c1. The fourth-order valence-electron chi connectivity index (χ4n) is 2.85. The Labute approximate surface area is 151 Å². The molecule has 0 spiro atoms. The topological polar surface area (TPSA) is 49.3 Å². The monoisotopic (exact) mass is 349 g/mol. The van der Waals surface area contributed by atoms with E-state index in [-0.39, 0.29) is 18.3 Å². The maximum atomic E-state index is 13.5. The molecule has 0 aliphatic heterocycles. The first-order valence-corrected chi connectivity index (χ1v) is 8.42. The summed E-state index contributed by atoms with van der Waals surface area (Å²) in [6.07, 6.45) is 2.92. The second-order valence-corrected chi connectivity index (χ2v) is 6.14. The van der Waals surface area contributed by atoms with E-state index >= 15 is 0 Å². The van der Waals surface area contributed by atoms with Gasteiger partial charge < -0.3 is 10.4 Å². The van der Waals surface area contributed by atoms with Crippen LogP contribution in [0.4, 0.5) is 4.39 Å². The van der Waals surface area contributed by atoms with Crippen molar-refractivity contribution in [2.45, 2.75) is 13.0 Å². The molecule has 3 aromatic rings. The Hall–Kier alpha value is -2.98. The van der Waals surface area contributed by atoms with Gasteiger partial charge in [0.05, 0.1) is 12.6 Å². The van der Waals surface area contributed by atoms with Crippen LogP contribution in [0.1, 0.15) is 22.7 Å². The molecule has 3 rings (SSSR count). The summed E-state index contributed by atoms with van der Waals surface area (Å²) in [7, 11) is 0. The number of hydrogen-bond donors (Lipinski definition) is 2. The molecule has 0 fully saturated rings. The molecule has 3 nitrogen and oxygen atoms in total. The Morgan fingerprint density at radius 3 is 2.65 bits per heavy atom. The van der Waals surface area contributed by atoms with E-state index in [0.29, 0.717) is 11.1 Å². The molecule has 1 amide bonds. The highest BCUT2D eigenvalue weighted by Crippen LogP contribution is 2.20. The first-order valence-electron chi connectivity index (χ1n) is 8.42. The van der Waals surface area contributed by atoms with Gasteiger partial charge in [-0.1, -0.05) is 48.5 Å². The standard InChI is InChI=1S/C22H20FNO2/c1-15-16(7-4-8-20(15)23)11-12-22(26)24-21(14-25)19-10-9-17-5-2-3-6-18(17)13-19/h2-13,21,25H,14H2,1H3,(H,24,26)/b12-11+/t21-/m0/s1. The van der Waals surface area contributed by atoms with E-state index in [1.165, 1.54) is 12.1 Å². The van der Waals surface area contributed by atoms with Gasteiger partial charge in [-0.2, -0.15) is 0 Å². The highest BCUT2D eigenvalue weighted by Gasteiger charge is 2.13. The van der Waals surface area contributed by atoms with Crippen LogP contribution >= 0.6 is 0 Å². The summed E-state index contributed by atoms with van der Waals surface area (Å²) in [6.45, 7) is 1.45. The van der Waals surface area contributed by atoms with Crippen LogP contribution in [-0.2, 0) is 4.79 Å². The molecule has 4 heteroatoms. The second-order valence-electron chi connectivity index (χ2n) is 6.14. The molecule has 0 saturated carbocycles. The first kappa shape index (κ1) is 17.8. The van der Waals surface area contributed by atoms with E-state index in [1.807, 2.05) is 42.5 Å². The third kappa shape index (κ3) is 3.98. The molecule has 0 aliphatic rings. The number of carbonyl (C=O) groups excluding carboxylic acids is 1. The fourth-order valence-corrected chi connectivity index (χ4v) is 2.85. The van der Waals surface area contributed by atoms with Crippen molar-refractivity contribution in [2.24, 2.45) is 0 Å². The number of hydrogen-bond acceptors (Lipinski definition) is 2. The molecule has 0 radical (unpaired) electrons. The van der Waals surface area contributed by atoms with E-state index < -0.39 is 6.04 Å². The number of rotatable bonds is 5. The lowest BCUT2D eigenvalue weighted by atomic mass is 10.0. The Morgan fingerprint density at radius 1 is 1.12 bits per heavy atom. The molecule has 0 unspecified atom stereocenters. The van der Waals surface area contributed by atoms with Crippen LogP contribution in [0, 0.1) is 12.7 Å². The molecule has 0 bridgehead atoms. The average molecular weight is 349 g/mol. The summed E-state index contributed by atoms with van der Waals surface area (Å²) in [5.74, 6) is -0.655. The van der Waals surface area contributed by atoms with E-state index in [4.69, 9.17) is 0 Å². The Morgan fingerprint density at radius 2 is 1.88 bits per heavy atom. The third-order valence-corrected chi connectivity index (χ3v) is 4.40. The zero-order chi connectivity index (χ0) is 18.5. The minimum absolute atomic E-state index is 0.211. The number of carbonyl (C=O) groups is 1. The van der Waals surface area contributed by atoms with E-state index in [0.717, 1.165) is 16.3 Å². The average Bonchev–Trinajstić information content (AvgIpc) is 2.67. The second kappa shape index (κ2) is 7.93. The van der Waals surface area contributed by atoms with Crippen molar-refractivity contribution < 1.29 is 14.3 Å². The number of fused-ring (bicyclic) bond motifs is 1. The van der Waals surface area contributed by atoms with Crippen molar-refractivity contribution in [1.29, 1.82) is 0 Å². The summed E-state index contributed by atoms with van der Waals surface area (Å²) < 4.78 is 13.5. The molecular formula is C22H20FNO2. The zero-order valence-electron chi connectivity index (χ0n) is 14.4. The number of benzene rings is 3. The molecule has 0 aromatic heterocycles. The van der Waals surface area contributed by atoms with Gasteiger partial charge in [0.1, 0.15) is 5.82 Å². The Bertz CT molecular complexity index is 965. The summed E-state index contributed by atoms with van der Waals surface area (Å²) in [5, 5.41) is 14.6. The van der Waals surface area contributed by atoms with Crippen LogP contribution in [0.15, 0.2) is 66.7 Å². The molecule has 0 saturated heterocycles. The van der Waals surface area contributed by atoms with Gasteiger partial charge in [0.15, 0.2) is 0 Å². The van der Waals surface area contributed by atoms with Gasteiger partial charge in [0, 0.05) is 6.08 Å². The highest BCUT2D eigenvalue weighted by molar-refractivity contribution is 5.92. The maximum absolute atomic E-state index is 13.5. The lowest BCUT2D eigenvalue weighted by molar-refractivity contribution is -0.117.